The topological polar surface area (TPSA) is 99.4 Å². The highest BCUT2D eigenvalue weighted by molar-refractivity contribution is 4.88. The third-order valence-electron chi connectivity index (χ3n) is 4.06. The van der Waals surface area contributed by atoms with Crippen molar-refractivity contribution < 1.29 is 29.9 Å². The number of aliphatic hydroxyl groups excluding tert-OH is 4. The molecule has 1 unspecified atom stereocenters. The molecule has 1 aliphatic rings. The first kappa shape index (κ1) is 19.8. The molecule has 132 valence electrons. The minimum Gasteiger partial charge on any atom is -0.394 e. The summed E-state index contributed by atoms with van der Waals surface area (Å²) in [6.07, 6.45) is 0.898. The van der Waals surface area contributed by atoms with Gasteiger partial charge in [-0.25, -0.2) is 0 Å². The van der Waals surface area contributed by atoms with Gasteiger partial charge in [0.1, 0.15) is 24.4 Å². The fraction of sp³-hybridized carbons (Fsp3) is 1.00. The van der Waals surface area contributed by atoms with E-state index in [0.717, 1.165) is 25.2 Å². The molecule has 0 bridgehead atoms. The second-order valence-corrected chi connectivity index (χ2v) is 6.52. The highest BCUT2D eigenvalue weighted by Gasteiger charge is 2.43. The lowest BCUT2D eigenvalue weighted by Gasteiger charge is -2.39. The largest absolute Gasteiger partial charge is 0.394 e. The Morgan fingerprint density at radius 3 is 2.18 bits per heavy atom. The summed E-state index contributed by atoms with van der Waals surface area (Å²) in [7, 11) is 0. The van der Waals surface area contributed by atoms with Gasteiger partial charge >= 0.3 is 0 Å². The molecule has 0 spiro atoms. The number of hydrogen-bond donors (Lipinski definition) is 4. The van der Waals surface area contributed by atoms with Crippen molar-refractivity contribution in [1.82, 2.24) is 0 Å². The molecule has 1 saturated heterocycles. The summed E-state index contributed by atoms with van der Waals surface area (Å²) in [5.41, 5.74) is 0. The second-order valence-electron chi connectivity index (χ2n) is 6.52. The molecule has 1 fully saturated rings. The van der Waals surface area contributed by atoms with Gasteiger partial charge in [-0.15, -0.1) is 0 Å². The van der Waals surface area contributed by atoms with Crippen molar-refractivity contribution in [2.75, 3.05) is 13.2 Å². The molecule has 1 aliphatic heterocycles. The van der Waals surface area contributed by atoms with Crippen molar-refractivity contribution in [2.24, 2.45) is 5.92 Å². The lowest BCUT2D eigenvalue weighted by Crippen LogP contribution is -2.59. The molecule has 5 atom stereocenters. The van der Waals surface area contributed by atoms with Crippen LogP contribution in [-0.4, -0.2) is 64.3 Å². The Morgan fingerprint density at radius 2 is 1.55 bits per heavy atom. The fourth-order valence-corrected chi connectivity index (χ4v) is 2.59. The quantitative estimate of drug-likeness (QED) is 0.444. The number of unbranched alkanes of at least 4 members (excludes halogenated alkanes) is 4. The number of ether oxygens (including phenoxy) is 2. The number of rotatable bonds is 10. The molecule has 0 radical (unpaired) electrons. The van der Waals surface area contributed by atoms with Crippen molar-refractivity contribution in [2.45, 2.75) is 83.1 Å². The van der Waals surface area contributed by atoms with Gasteiger partial charge in [0.05, 0.1) is 6.61 Å². The minimum absolute atomic E-state index is 0.423. The maximum absolute atomic E-state index is 9.80. The first-order valence-corrected chi connectivity index (χ1v) is 8.39. The molecule has 0 aromatic carbocycles. The summed E-state index contributed by atoms with van der Waals surface area (Å²) in [5, 5.41) is 38.2. The zero-order valence-electron chi connectivity index (χ0n) is 13.7. The average molecular weight is 320 g/mol. The van der Waals surface area contributed by atoms with Crippen molar-refractivity contribution in [3.8, 4) is 0 Å². The van der Waals surface area contributed by atoms with Gasteiger partial charge in [0.15, 0.2) is 6.29 Å². The van der Waals surface area contributed by atoms with Crippen LogP contribution in [0, 0.1) is 5.92 Å². The van der Waals surface area contributed by atoms with Crippen molar-refractivity contribution >= 4 is 0 Å². The molecular weight excluding hydrogens is 288 g/mol. The van der Waals surface area contributed by atoms with E-state index in [2.05, 4.69) is 13.8 Å². The van der Waals surface area contributed by atoms with Gasteiger partial charge < -0.3 is 29.9 Å². The summed E-state index contributed by atoms with van der Waals surface area (Å²) in [6, 6.07) is 0. The first-order chi connectivity index (χ1) is 10.5. The summed E-state index contributed by atoms with van der Waals surface area (Å²) < 4.78 is 10.7. The van der Waals surface area contributed by atoms with Gasteiger partial charge in [0, 0.05) is 6.61 Å². The summed E-state index contributed by atoms with van der Waals surface area (Å²) in [4.78, 5) is 0. The van der Waals surface area contributed by atoms with Crippen LogP contribution in [0.15, 0.2) is 0 Å². The summed E-state index contributed by atoms with van der Waals surface area (Å²) in [5.74, 6) is 0.759. The van der Waals surface area contributed by atoms with Gasteiger partial charge in [0.25, 0.3) is 0 Å². The van der Waals surface area contributed by atoms with E-state index in [1.165, 1.54) is 19.3 Å². The molecule has 0 amide bonds. The Morgan fingerprint density at radius 1 is 0.909 bits per heavy atom. The Labute approximate surface area is 133 Å². The van der Waals surface area contributed by atoms with E-state index >= 15 is 0 Å². The Hall–Kier alpha value is -0.240. The zero-order chi connectivity index (χ0) is 16.5. The SMILES string of the molecule is CC(C)CCCCCCCOC1O[C@H](CO)[C@H](O)[C@H](O)[C@H]1O. The van der Waals surface area contributed by atoms with Crippen LogP contribution in [0.25, 0.3) is 0 Å². The highest BCUT2D eigenvalue weighted by atomic mass is 16.7. The maximum Gasteiger partial charge on any atom is 0.186 e. The van der Waals surface area contributed by atoms with E-state index in [1.807, 2.05) is 0 Å². The Bertz CT molecular complexity index is 284. The van der Waals surface area contributed by atoms with Crippen LogP contribution in [0.2, 0.25) is 0 Å². The zero-order valence-corrected chi connectivity index (χ0v) is 13.7. The molecule has 6 nitrogen and oxygen atoms in total. The third-order valence-corrected chi connectivity index (χ3v) is 4.06. The molecule has 1 rings (SSSR count). The molecule has 0 aromatic heterocycles. The normalized spacial score (nSPS) is 32.6. The molecule has 0 aromatic rings. The van der Waals surface area contributed by atoms with E-state index in [9.17, 15) is 15.3 Å². The standard InChI is InChI=1S/C16H32O6/c1-11(2)8-6-4-3-5-7-9-21-16-15(20)14(19)13(18)12(10-17)22-16/h11-20H,3-10H2,1-2H3/t12-,13+,14+,15-,16?/m1/s1. The van der Waals surface area contributed by atoms with Crippen LogP contribution < -0.4 is 0 Å². The lowest BCUT2D eigenvalue weighted by atomic mass is 9.99. The second kappa shape index (κ2) is 10.5. The molecule has 6 heteroatoms. The molecule has 0 aliphatic carbocycles. The Kier molecular flexibility index (Phi) is 9.47. The van der Waals surface area contributed by atoms with Gasteiger partial charge in [-0.2, -0.15) is 0 Å². The summed E-state index contributed by atoms with van der Waals surface area (Å²) >= 11 is 0. The summed E-state index contributed by atoms with van der Waals surface area (Å²) in [6.45, 7) is 4.45. The van der Waals surface area contributed by atoms with Crippen molar-refractivity contribution in [3.05, 3.63) is 0 Å². The van der Waals surface area contributed by atoms with Crippen LogP contribution in [0.3, 0.4) is 0 Å². The third kappa shape index (κ3) is 6.48. The number of aliphatic hydroxyl groups is 4. The van der Waals surface area contributed by atoms with Crippen LogP contribution in [0.5, 0.6) is 0 Å². The fourth-order valence-electron chi connectivity index (χ4n) is 2.59. The highest BCUT2D eigenvalue weighted by Crippen LogP contribution is 2.22. The van der Waals surface area contributed by atoms with Crippen molar-refractivity contribution in [1.29, 1.82) is 0 Å². The molecule has 4 N–H and O–H groups in total. The van der Waals surface area contributed by atoms with Gasteiger partial charge in [0.2, 0.25) is 0 Å². The van der Waals surface area contributed by atoms with E-state index in [1.54, 1.807) is 0 Å². The number of hydrogen-bond acceptors (Lipinski definition) is 6. The van der Waals surface area contributed by atoms with Crippen LogP contribution in [0.1, 0.15) is 52.4 Å². The molecule has 0 saturated carbocycles. The van der Waals surface area contributed by atoms with Crippen LogP contribution >= 0.6 is 0 Å². The predicted molar refractivity (Wildman–Crippen MR) is 82.3 cm³/mol. The average Bonchev–Trinajstić information content (AvgIpc) is 2.49. The van der Waals surface area contributed by atoms with Crippen LogP contribution in [-0.2, 0) is 9.47 Å². The van der Waals surface area contributed by atoms with E-state index in [4.69, 9.17) is 14.6 Å². The molecular formula is C16H32O6. The van der Waals surface area contributed by atoms with E-state index in [-0.39, 0.29) is 0 Å². The lowest BCUT2D eigenvalue weighted by molar-refractivity contribution is -0.301. The molecule has 22 heavy (non-hydrogen) atoms. The van der Waals surface area contributed by atoms with Gasteiger partial charge in [-0.3, -0.25) is 0 Å². The van der Waals surface area contributed by atoms with Crippen molar-refractivity contribution in [3.63, 3.8) is 0 Å². The van der Waals surface area contributed by atoms with Gasteiger partial charge in [-0.05, 0) is 12.3 Å². The smallest absolute Gasteiger partial charge is 0.186 e. The van der Waals surface area contributed by atoms with E-state index < -0.39 is 37.3 Å². The van der Waals surface area contributed by atoms with E-state index in [0.29, 0.717) is 6.61 Å². The first-order valence-electron chi connectivity index (χ1n) is 8.39. The monoisotopic (exact) mass is 320 g/mol. The molecule has 1 heterocycles. The predicted octanol–water partition coefficient (Wildman–Crippen LogP) is 0.799. The van der Waals surface area contributed by atoms with Crippen LogP contribution in [0.4, 0.5) is 0 Å². The Balaban J connectivity index is 2.13. The van der Waals surface area contributed by atoms with Gasteiger partial charge in [-0.1, -0.05) is 46.0 Å². The minimum atomic E-state index is -1.37. The maximum atomic E-state index is 9.80.